The fourth-order valence-electron chi connectivity index (χ4n) is 2.49. The first-order valence-electron chi connectivity index (χ1n) is 6.46. The van der Waals surface area contributed by atoms with Gasteiger partial charge in [-0.2, -0.15) is 0 Å². The van der Waals surface area contributed by atoms with E-state index in [-0.39, 0.29) is 30.5 Å². The van der Waals surface area contributed by atoms with Gasteiger partial charge in [-0.1, -0.05) is 6.07 Å². The minimum Gasteiger partial charge on any atom is -0.477 e. The van der Waals surface area contributed by atoms with E-state index in [1.807, 2.05) is 0 Å². The summed E-state index contributed by atoms with van der Waals surface area (Å²) in [5, 5.41) is 29.6. The summed E-state index contributed by atoms with van der Waals surface area (Å²) >= 11 is 0. The Labute approximate surface area is 120 Å². The number of anilines is 1. The highest BCUT2D eigenvalue weighted by Crippen LogP contribution is 2.33. The third kappa shape index (κ3) is 3.11. The van der Waals surface area contributed by atoms with E-state index in [1.54, 1.807) is 11.8 Å². The molecule has 8 heteroatoms. The van der Waals surface area contributed by atoms with E-state index < -0.39 is 22.7 Å². The van der Waals surface area contributed by atoms with Gasteiger partial charge in [0.05, 0.1) is 23.7 Å². The van der Waals surface area contributed by atoms with Gasteiger partial charge in [0.2, 0.25) is 0 Å². The number of carbonyl (C=O) groups is 1. The van der Waals surface area contributed by atoms with Crippen molar-refractivity contribution in [1.82, 2.24) is 0 Å². The monoisotopic (exact) mass is 296 g/mol. The van der Waals surface area contributed by atoms with Crippen LogP contribution >= 0.6 is 0 Å². The molecule has 2 N–H and O–H groups in total. The molecule has 8 nitrogen and oxygen atoms in total. The number of carboxylic acid groups (broad SMARTS) is 1. The largest absolute Gasteiger partial charge is 0.477 e. The molecule has 0 radical (unpaired) electrons. The zero-order valence-electron chi connectivity index (χ0n) is 11.4. The van der Waals surface area contributed by atoms with Crippen molar-refractivity contribution in [2.75, 3.05) is 24.6 Å². The SMILES string of the molecule is CC1CN(c2cccc(C(=O)O)c2[N+](=O)[O-])CC(CO)O1. The number of nitrogens with zero attached hydrogens (tertiary/aromatic N) is 2. The number of aromatic carboxylic acids is 1. The molecule has 1 aliphatic rings. The number of benzene rings is 1. The third-order valence-electron chi connectivity index (χ3n) is 3.30. The van der Waals surface area contributed by atoms with E-state index in [9.17, 15) is 20.0 Å². The van der Waals surface area contributed by atoms with Crippen molar-refractivity contribution in [2.24, 2.45) is 0 Å². The van der Waals surface area contributed by atoms with E-state index in [2.05, 4.69) is 0 Å². The molecule has 114 valence electrons. The zero-order chi connectivity index (χ0) is 15.6. The van der Waals surface area contributed by atoms with Crippen molar-refractivity contribution >= 4 is 17.3 Å². The van der Waals surface area contributed by atoms with Crippen LogP contribution in [-0.4, -0.2) is 53.0 Å². The summed E-state index contributed by atoms with van der Waals surface area (Å²) in [5.41, 5.74) is -0.554. The summed E-state index contributed by atoms with van der Waals surface area (Å²) in [6, 6.07) is 4.19. The Kier molecular flexibility index (Phi) is 4.39. The van der Waals surface area contributed by atoms with Crippen LogP contribution in [-0.2, 0) is 4.74 Å². The molecule has 2 atom stereocenters. The average molecular weight is 296 g/mol. The average Bonchev–Trinajstić information content (AvgIpc) is 2.45. The molecule has 1 fully saturated rings. The second-order valence-corrected chi connectivity index (χ2v) is 4.89. The van der Waals surface area contributed by atoms with Gasteiger partial charge in [-0.25, -0.2) is 4.79 Å². The molecule has 21 heavy (non-hydrogen) atoms. The quantitative estimate of drug-likeness (QED) is 0.626. The molecule has 0 spiro atoms. The lowest BCUT2D eigenvalue weighted by Crippen LogP contribution is -2.48. The van der Waals surface area contributed by atoms with Crippen LogP contribution in [0.15, 0.2) is 18.2 Å². The number of para-hydroxylation sites is 1. The number of carboxylic acids is 1. The summed E-state index contributed by atoms with van der Waals surface area (Å²) in [6.07, 6.45) is -0.675. The Bertz CT molecular complexity index is 562. The van der Waals surface area contributed by atoms with Gasteiger partial charge >= 0.3 is 11.7 Å². The van der Waals surface area contributed by atoms with Crippen molar-refractivity contribution in [1.29, 1.82) is 0 Å². The highest BCUT2D eigenvalue weighted by atomic mass is 16.6. The predicted molar refractivity (Wildman–Crippen MR) is 73.7 cm³/mol. The number of nitro benzene ring substituents is 1. The van der Waals surface area contributed by atoms with E-state index in [0.29, 0.717) is 6.54 Å². The second kappa shape index (κ2) is 6.06. The molecule has 2 rings (SSSR count). The number of aliphatic hydroxyl groups is 1. The smallest absolute Gasteiger partial charge is 0.342 e. The number of morpholine rings is 1. The molecule has 0 aliphatic carbocycles. The van der Waals surface area contributed by atoms with Gasteiger partial charge in [0, 0.05) is 13.1 Å². The fourth-order valence-corrected chi connectivity index (χ4v) is 2.49. The lowest BCUT2D eigenvalue weighted by Gasteiger charge is -2.37. The first-order chi connectivity index (χ1) is 9.93. The molecule has 0 saturated carbocycles. The molecule has 1 heterocycles. The Morgan fingerprint density at radius 1 is 1.52 bits per heavy atom. The van der Waals surface area contributed by atoms with Gasteiger partial charge in [-0.05, 0) is 19.1 Å². The van der Waals surface area contributed by atoms with E-state index in [4.69, 9.17) is 9.84 Å². The van der Waals surface area contributed by atoms with Crippen LogP contribution in [0.2, 0.25) is 0 Å². The van der Waals surface area contributed by atoms with E-state index in [0.717, 1.165) is 0 Å². The van der Waals surface area contributed by atoms with Crippen LogP contribution < -0.4 is 4.90 Å². The first-order valence-corrected chi connectivity index (χ1v) is 6.46. The Hall–Kier alpha value is -2.19. The van der Waals surface area contributed by atoms with Crippen molar-refractivity contribution in [3.05, 3.63) is 33.9 Å². The maximum Gasteiger partial charge on any atom is 0.342 e. The first kappa shape index (κ1) is 15.2. The van der Waals surface area contributed by atoms with Gasteiger partial charge in [0.1, 0.15) is 11.3 Å². The number of nitro groups is 1. The molecule has 0 aromatic heterocycles. The number of ether oxygens (including phenoxy) is 1. The van der Waals surface area contributed by atoms with Crippen molar-refractivity contribution in [3.63, 3.8) is 0 Å². The summed E-state index contributed by atoms with van der Waals surface area (Å²) in [7, 11) is 0. The highest BCUT2D eigenvalue weighted by Gasteiger charge is 2.32. The maximum atomic E-state index is 11.3. The molecule has 0 bridgehead atoms. The molecule has 1 saturated heterocycles. The fraction of sp³-hybridized carbons (Fsp3) is 0.462. The Balaban J connectivity index is 2.45. The van der Waals surface area contributed by atoms with Crippen LogP contribution in [0.3, 0.4) is 0 Å². The van der Waals surface area contributed by atoms with E-state index in [1.165, 1.54) is 18.2 Å². The Morgan fingerprint density at radius 2 is 2.24 bits per heavy atom. The summed E-state index contributed by atoms with van der Waals surface area (Å²) < 4.78 is 5.49. The molecular formula is C13H16N2O6. The molecule has 1 aliphatic heterocycles. The minimum absolute atomic E-state index is 0.201. The van der Waals surface area contributed by atoms with Gasteiger partial charge in [0.15, 0.2) is 0 Å². The minimum atomic E-state index is -1.34. The van der Waals surface area contributed by atoms with Crippen molar-refractivity contribution in [3.8, 4) is 0 Å². The number of hydrogen-bond acceptors (Lipinski definition) is 6. The number of aliphatic hydroxyl groups excluding tert-OH is 1. The Morgan fingerprint density at radius 3 is 2.81 bits per heavy atom. The van der Waals surface area contributed by atoms with Crippen molar-refractivity contribution in [2.45, 2.75) is 19.1 Å². The molecule has 2 unspecified atom stereocenters. The number of hydrogen-bond donors (Lipinski definition) is 2. The lowest BCUT2D eigenvalue weighted by molar-refractivity contribution is -0.384. The summed E-state index contributed by atoms with van der Waals surface area (Å²) in [4.78, 5) is 23.4. The molecular weight excluding hydrogens is 280 g/mol. The van der Waals surface area contributed by atoms with Gasteiger partial charge < -0.3 is 19.8 Å². The lowest BCUT2D eigenvalue weighted by atomic mass is 10.1. The highest BCUT2D eigenvalue weighted by molar-refractivity contribution is 5.95. The van der Waals surface area contributed by atoms with Gasteiger partial charge in [-0.3, -0.25) is 10.1 Å². The molecule has 1 aromatic rings. The van der Waals surface area contributed by atoms with E-state index >= 15 is 0 Å². The maximum absolute atomic E-state index is 11.3. The second-order valence-electron chi connectivity index (χ2n) is 4.89. The predicted octanol–water partition coefficient (Wildman–Crippen LogP) is 0.879. The third-order valence-corrected chi connectivity index (χ3v) is 3.30. The van der Waals surface area contributed by atoms with Crippen LogP contribution in [0.1, 0.15) is 17.3 Å². The van der Waals surface area contributed by atoms with Gasteiger partial charge in [0.25, 0.3) is 0 Å². The topological polar surface area (TPSA) is 113 Å². The summed E-state index contributed by atoms with van der Waals surface area (Å²) in [6.45, 7) is 2.25. The van der Waals surface area contributed by atoms with Crippen LogP contribution in [0, 0.1) is 10.1 Å². The van der Waals surface area contributed by atoms with Crippen LogP contribution in [0.5, 0.6) is 0 Å². The molecule has 0 amide bonds. The number of rotatable bonds is 4. The van der Waals surface area contributed by atoms with Crippen LogP contribution in [0.4, 0.5) is 11.4 Å². The van der Waals surface area contributed by atoms with Crippen LogP contribution in [0.25, 0.3) is 0 Å². The summed E-state index contributed by atoms with van der Waals surface area (Å²) in [5.74, 6) is -1.34. The standard InChI is InChI=1S/C13H16N2O6/c1-8-5-14(6-9(7-16)21-8)11-4-2-3-10(13(17)18)12(11)15(19)20/h2-4,8-9,16H,5-7H2,1H3,(H,17,18). The molecule has 1 aromatic carbocycles. The zero-order valence-corrected chi connectivity index (χ0v) is 11.4. The van der Waals surface area contributed by atoms with Crippen molar-refractivity contribution < 1.29 is 24.7 Å². The normalized spacial score (nSPS) is 22.1. The van der Waals surface area contributed by atoms with Gasteiger partial charge in [-0.15, -0.1) is 0 Å².